The molecular formula is C10H17FO2. The third-order valence-corrected chi connectivity index (χ3v) is 1.69. The highest BCUT2D eigenvalue weighted by Gasteiger charge is 1.94. The molecule has 0 aromatic carbocycles. The van der Waals surface area contributed by atoms with Gasteiger partial charge in [-0.15, -0.1) is 0 Å². The normalized spacial score (nSPS) is 9.62. The van der Waals surface area contributed by atoms with Crippen LogP contribution in [0.4, 0.5) is 4.39 Å². The number of ether oxygens (including phenoxy) is 1. The van der Waals surface area contributed by atoms with Crippen LogP contribution in [0.2, 0.25) is 0 Å². The number of hydrogen-bond acceptors (Lipinski definition) is 2. The lowest BCUT2D eigenvalue weighted by atomic mass is 10.2. The largest absolute Gasteiger partial charge is 0.463 e. The van der Waals surface area contributed by atoms with Crippen molar-refractivity contribution >= 4 is 5.97 Å². The number of esters is 1. The maximum atomic E-state index is 11.6. The Labute approximate surface area is 78.8 Å². The van der Waals surface area contributed by atoms with Crippen molar-refractivity contribution in [2.75, 3.05) is 13.3 Å². The summed E-state index contributed by atoms with van der Waals surface area (Å²) < 4.78 is 16.4. The second-order valence-corrected chi connectivity index (χ2v) is 2.83. The van der Waals surface area contributed by atoms with E-state index < -0.39 is 0 Å². The predicted molar refractivity (Wildman–Crippen MR) is 50.2 cm³/mol. The minimum absolute atomic E-state index is 0.231. The van der Waals surface area contributed by atoms with E-state index >= 15 is 0 Å². The Morgan fingerprint density at radius 3 is 2.46 bits per heavy atom. The van der Waals surface area contributed by atoms with E-state index in [4.69, 9.17) is 4.74 Å². The summed E-state index contributed by atoms with van der Waals surface area (Å²) in [6, 6.07) is 0. The summed E-state index contributed by atoms with van der Waals surface area (Å²) in [6.45, 7) is 3.50. The molecule has 0 aromatic rings. The van der Waals surface area contributed by atoms with Crippen LogP contribution < -0.4 is 0 Å². The van der Waals surface area contributed by atoms with Crippen LogP contribution in [0, 0.1) is 0 Å². The molecule has 0 radical (unpaired) electrons. The molecule has 2 nitrogen and oxygen atoms in total. The molecule has 0 bridgehead atoms. The fraction of sp³-hybridized carbons (Fsp3) is 0.700. The first-order chi connectivity index (χ1) is 6.31. The minimum Gasteiger partial charge on any atom is -0.463 e. The molecule has 0 unspecified atom stereocenters. The van der Waals surface area contributed by atoms with E-state index in [0.717, 1.165) is 31.8 Å². The van der Waals surface area contributed by atoms with Gasteiger partial charge in [0.2, 0.25) is 0 Å². The lowest BCUT2D eigenvalue weighted by molar-refractivity contribution is -0.137. The predicted octanol–water partition coefficient (Wildman–Crippen LogP) is 2.64. The first kappa shape index (κ1) is 12.1. The van der Waals surface area contributed by atoms with E-state index in [-0.39, 0.29) is 12.6 Å². The molecule has 13 heavy (non-hydrogen) atoms. The van der Waals surface area contributed by atoms with Crippen LogP contribution in [-0.4, -0.2) is 19.3 Å². The van der Waals surface area contributed by atoms with Gasteiger partial charge < -0.3 is 4.74 Å². The van der Waals surface area contributed by atoms with Gasteiger partial charge in [0.25, 0.3) is 0 Å². The van der Waals surface area contributed by atoms with Crippen LogP contribution in [0.15, 0.2) is 12.7 Å². The van der Waals surface area contributed by atoms with Crippen molar-refractivity contribution in [3.63, 3.8) is 0 Å². The first-order valence-electron chi connectivity index (χ1n) is 4.66. The molecule has 3 heteroatoms. The smallest absolute Gasteiger partial charge is 0.330 e. The van der Waals surface area contributed by atoms with Crippen LogP contribution in [0.25, 0.3) is 0 Å². The molecule has 0 saturated heterocycles. The Morgan fingerprint density at radius 1 is 1.23 bits per heavy atom. The summed E-state index contributed by atoms with van der Waals surface area (Å²) in [5.41, 5.74) is 0. The number of carbonyl (C=O) groups excluding carboxylic acids is 1. The Hall–Kier alpha value is -0.860. The highest BCUT2D eigenvalue weighted by atomic mass is 19.1. The van der Waals surface area contributed by atoms with Gasteiger partial charge in [-0.05, 0) is 12.8 Å². The number of carbonyl (C=O) groups is 1. The number of halogens is 1. The van der Waals surface area contributed by atoms with Crippen LogP contribution in [-0.2, 0) is 9.53 Å². The molecular weight excluding hydrogens is 171 g/mol. The minimum atomic E-state index is -0.372. The number of hydrogen-bond donors (Lipinski definition) is 0. The van der Waals surface area contributed by atoms with Gasteiger partial charge in [0, 0.05) is 6.08 Å². The van der Waals surface area contributed by atoms with Gasteiger partial charge in [-0.3, -0.25) is 4.39 Å². The number of unbranched alkanes of at least 4 members (excludes halogenated alkanes) is 4. The van der Waals surface area contributed by atoms with Gasteiger partial charge in [0.15, 0.2) is 0 Å². The van der Waals surface area contributed by atoms with E-state index in [2.05, 4.69) is 6.58 Å². The molecule has 0 rings (SSSR count). The fourth-order valence-corrected chi connectivity index (χ4v) is 0.959. The Balaban J connectivity index is 2.99. The monoisotopic (exact) mass is 188 g/mol. The molecule has 0 amide bonds. The summed E-state index contributed by atoms with van der Waals surface area (Å²) in [4.78, 5) is 10.6. The van der Waals surface area contributed by atoms with Crippen molar-refractivity contribution in [2.24, 2.45) is 0 Å². The van der Waals surface area contributed by atoms with Crippen LogP contribution in [0.1, 0.15) is 32.1 Å². The molecule has 0 fully saturated rings. The SMILES string of the molecule is C=CC(=O)OCCCCCCCF. The maximum absolute atomic E-state index is 11.6. The number of rotatable bonds is 8. The fourth-order valence-electron chi connectivity index (χ4n) is 0.959. The van der Waals surface area contributed by atoms with Crippen LogP contribution in [0.5, 0.6) is 0 Å². The molecule has 0 atom stereocenters. The highest BCUT2D eigenvalue weighted by Crippen LogP contribution is 2.03. The summed E-state index contributed by atoms with van der Waals surface area (Å²) in [5.74, 6) is -0.372. The zero-order valence-electron chi connectivity index (χ0n) is 7.93. The zero-order chi connectivity index (χ0) is 9.94. The van der Waals surface area contributed by atoms with Crippen molar-refractivity contribution < 1.29 is 13.9 Å². The Morgan fingerprint density at radius 2 is 1.85 bits per heavy atom. The van der Waals surface area contributed by atoms with Crippen molar-refractivity contribution in [3.05, 3.63) is 12.7 Å². The molecule has 0 aromatic heterocycles. The quantitative estimate of drug-likeness (QED) is 0.332. The number of alkyl halides is 1. The van der Waals surface area contributed by atoms with Crippen LogP contribution >= 0.6 is 0 Å². The maximum Gasteiger partial charge on any atom is 0.330 e. The molecule has 76 valence electrons. The molecule has 0 aliphatic carbocycles. The van der Waals surface area contributed by atoms with Gasteiger partial charge >= 0.3 is 5.97 Å². The van der Waals surface area contributed by atoms with Crippen molar-refractivity contribution in [3.8, 4) is 0 Å². The summed E-state index contributed by atoms with van der Waals surface area (Å²) in [7, 11) is 0. The van der Waals surface area contributed by atoms with E-state index in [1.165, 1.54) is 0 Å². The lowest BCUT2D eigenvalue weighted by Gasteiger charge is -2.01. The van der Waals surface area contributed by atoms with E-state index in [0.29, 0.717) is 13.0 Å². The molecule has 0 spiro atoms. The van der Waals surface area contributed by atoms with Gasteiger partial charge in [0.1, 0.15) is 0 Å². The molecule has 0 aliphatic rings. The summed E-state index contributed by atoms with van der Waals surface area (Å²) in [5, 5.41) is 0. The van der Waals surface area contributed by atoms with Gasteiger partial charge in [0.05, 0.1) is 13.3 Å². The standard InChI is InChI=1S/C10H17FO2/c1-2-10(12)13-9-7-5-3-4-6-8-11/h2H,1,3-9H2. The average Bonchev–Trinajstić information content (AvgIpc) is 2.16. The second kappa shape index (κ2) is 9.23. The van der Waals surface area contributed by atoms with Crippen molar-refractivity contribution in [1.29, 1.82) is 0 Å². The zero-order valence-corrected chi connectivity index (χ0v) is 7.93. The molecule has 0 saturated carbocycles. The average molecular weight is 188 g/mol. The summed E-state index contributed by atoms with van der Waals surface area (Å²) in [6.07, 6.45) is 5.58. The molecule has 0 heterocycles. The highest BCUT2D eigenvalue weighted by molar-refractivity contribution is 5.81. The van der Waals surface area contributed by atoms with Gasteiger partial charge in [-0.25, -0.2) is 4.79 Å². The first-order valence-corrected chi connectivity index (χ1v) is 4.66. The summed E-state index contributed by atoms with van der Waals surface area (Å²) >= 11 is 0. The van der Waals surface area contributed by atoms with Crippen molar-refractivity contribution in [2.45, 2.75) is 32.1 Å². The van der Waals surface area contributed by atoms with E-state index in [1.807, 2.05) is 0 Å². The lowest BCUT2D eigenvalue weighted by Crippen LogP contribution is -2.01. The third kappa shape index (κ3) is 9.05. The second-order valence-electron chi connectivity index (χ2n) is 2.83. The van der Waals surface area contributed by atoms with Crippen molar-refractivity contribution in [1.82, 2.24) is 0 Å². The topological polar surface area (TPSA) is 26.3 Å². The van der Waals surface area contributed by atoms with E-state index in [1.54, 1.807) is 0 Å². The van der Waals surface area contributed by atoms with Gasteiger partial charge in [-0.2, -0.15) is 0 Å². The van der Waals surface area contributed by atoms with E-state index in [9.17, 15) is 9.18 Å². The van der Waals surface area contributed by atoms with Gasteiger partial charge in [-0.1, -0.05) is 25.8 Å². The Bertz CT molecular complexity index is 146. The molecule has 0 aliphatic heterocycles. The Kier molecular flexibility index (Phi) is 8.62. The molecule has 0 N–H and O–H groups in total. The third-order valence-electron chi connectivity index (χ3n) is 1.69. The van der Waals surface area contributed by atoms with Crippen LogP contribution in [0.3, 0.4) is 0 Å².